The molecule has 0 saturated heterocycles. The van der Waals surface area contributed by atoms with Crippen LogP contribution in [0.4, 0.5) is 0 Å². The van der Waals surface area contributed by atoms with Crippen molar-refractivity contribution in [2.45, 2.75) is 59.9 Å². The molecule has 0 fully saturated rings. The van der Waals surface area contributed by atoms with Gasteiger partial charge in [-0.15, -0.1) is 0 Å². The van der Waals surface area contributed by atoms with Crippen molar-refractivity contribution in [3.8, 4) is 0 Å². The minimum Gasteiger partial charge on any atom is -0.461 e. The van der Waals surface area contributed by atoms with Gasteiger partial charge in [0.15, 0.2) is 0 Å². The molecule has 7 heteroatoms. The average Bonchev–Trinajstić information content (AvgIpc) is 2.45. The van der Waals surface area contributed by atoms with E-state index < -0.39 is 11.5 Å². The van der Waals surface area contributed by atoms with Crippen molar-refractivity contribution in [3.63, 3.8) is 0 Å². The standard InChI is InChI=1S/C11H16N2O3.C6H16N2/c1-5-16-10(15)8-9(14)13-7(6-12-8)11(2,3)4;1-6(2,3)5(8)4-7/h6H,5H2,1-4H3,(H,13,14);5H,4,7-8H2,1-3H3. The first-order valence-electron chi connectivity index (χ1n) is 8.07. The van der Waals surface area contributed by atoms with Gasteiger partial charge in [0.25, 0.3) is 5.56 Å². The van der Waals surface area contributed by atoms with Gasteiger partial charge in [-0.1, -0.05) is 41.5 Å². The molecule has 0 spiro atoms. The summed E-state index contributed by atoms with van der Waals surface area (Å²) in [6, 6.07) is 0.127. The van der Waals surface area contributed by atoms with Crippen molar-refractivity contribution >= 4 is 5.97 Å². The topological polar surface area (TPSA) is 124 Å². The fourth-order valence-corrected chi connectivity index (χ4v) is 1.48. The molecule has 0 aliphatic heterocycles. The normalized spacial score (nSPS) is 12.9. The van der Waals surface area contributed by atoms with Crippen LogP contribution in [0.5, 0.6) is 0 Å². The monoisotopic (exact) mass is 340 g/mol. The fraction of sp³-hybridized carbons (Fsp3) is 0.706. The summed E-state index contributed by atoms with van der Waals surface area (Å²) in [5, 5.41) is 0. The number of rotatable bonds is 3. The second kappa shape index (κ2) is 8.94. The summed E-state index contributed by atoms with van der Waals surface area (Å²) in [4.78, 5) is 29.4. The van der Waals surface area contributed by atoms with Crippen LogP contribution in [0.15, 0.2) is 11.0 Å². The first-order chi connectivity index (χ1) is 10.8. The third-order valence-electron chi connectivity index (χ3n) is 3.43. The summed E-state index contributed by atoms with van der Waals surface area (Å²) in [5.74, 6) is -0.691. The highest BCUT2D eigenvalue weighted by Crippen LogP contribution is 2.17. The summed E-state index contributed by atoms with van der Waals surface area (Å²) in [7, 11) is 0. The van der Waals surface area contributed by atoms with E-state index in [0.29, 0.717) is 12.2 Å². The van der Waals surface area contributed by atoms with Gasteiger partial charge >= 0.3 is 5.97 Å². The van der Waals surface area contributed by atoms with E-state index in [1.165, 1.54) is 6.20 Å². The molecular weight excluding hydrogens is 308 g/mol. The molecule has 138 valence electrons. The Morgan fingerprint density at radius 3 is 2.12 bits per heavy atom. The molecule has 0 bridgehead atoms. The maximum atomic E-state index is 11.6. The molecule has 7 nitrogen and oxygen atoms in total. The Labute approximate surface area is 144 Å². The van der Waals surface area contributed by atoms with Gasteiger partial charge in [-0.3, -0.25) is 4.79 Å². The molecule has 1 aromatic heterocycles. The molecular formula is C17H32N4O3. The number of aromatic nitrogens is 2. The average molecular weight is 340 g/mol. The number of carbonyl (C=O) groups excluding carboxylic acids is 1. The highest BCUT2D eigenvalue weighted by atomic mass is 16.5. The molecule has 24 heavy (non-hydrogen) atoms. The zero-order valence-electron chi connectivity index (χ0n) is 15.9. The SMILES string of the molecule is CC(C)(C)C(N)CN.CCOC(=O)c1ncc(C(C)(C)C)[nH]c1=O. The molecule has 1 rings (SSSR count). The number of hydrogen-bond donors (Lipinski definition) is 3. The van der Waals surface area contributed by atoms with Crippen LogP contribution in [-0.2, 0) is 10.2 Å². The van der Waals surface area contributed by atoms with E-state index in [0.717, 1.165) is 0 Å². The van der Waals surface area contributed by atoms with Gasteiger partial charge in [-0.25, -0.2) is 9.78 Å². The van der Waals surface area contributed by atoms with Crippen molar-refractivity contribution < 1.29 is 9.53 Å². The molecule has 1 heterocycles. The second-order valence-electron chi connectivity index (χ2n) is 7.65. The van der Waals surface area contributed by atoms with Gasteiger partial charge in [-0.2, -0.15) is 0 Å². The largest absolute Gasteiger partial charge is 0.461 e. The number of carbonyl (C=O) groups is 1. The van der Waals surface area contributed by atoms with E-state index >= 15 is 0 Å². The van der Waals surface area contributed by atoms with Gasteiger partial charge in [0, 0.05) is 29.9 Å². The van der Waals surface area contributed by atoms with Crippen LogP contribution in [0.3, 0.4) is 0 Å². The molecule has 0 aromatic carbocycles. The molecule has 0 radical (unpaired) electrons. The van der Waals surface area contributed by atoms with Crippen molar-refractivity contribution in [1.29, 1.82) is 0 Å². The van der Waals surface area contributed by atoms with E-state index in [9.17, 15) is 9.59 Å². The number of nitrogens with zero attached hydrogens (tertiary/aromatic N) is 1. The number of hydrogen-bond acceptors (Lipinski definition) is 6. The molecule has 0 aliphatic rings. The smallest absolute Gasteiger partial charge is 0.362 e. The van der Waals surface area contributed by atoms with Gasteiger partial charge in [0.2, 0.25) is 5.69 Å². The third kappa shape index (κ3) is 7.23. The van der Waals surface area contributed by atoms with Crippen LogP contribution in [-0.4, -0.2) is 35.1 Å². The van der Waals surface area contributed by atoms with E-state index in [1.807, 2.05) is 20.8 Å². The van der Waals surface area contributed by atoms with Gasteiger partial charge < -0.3 is 21.2 Å². The van der Waals surface area contributed by atoms with Gasteiger partial charge in [0.1, 0.15) is 0 Å². The van der Waals surface area contributed by atoms with Crippen LogP contribution in [0.2, 0.25) is 0 Å². The summed E-state index contributed by atoms with van der Waals surface area (Å²) >= 11 is 0. The zero-order chi connectivity index (χ0) is 19.1. The van der Waals surface area contributed by atoms with Crippen LogP contribution in [0, 0.1) is 5.41 Å². The lowest BCUT2D eigenvalue weighted by Crippen LogP contribution is -2.41. The Bertz CT molecular complexity index is 583. The molecule has 1 aromatic rings. The summed E-state index contributed by atoms with van der Waals surface area (Å²) in [6.07, 6.45) is 1.49. The molecule has 1 unspecified atom stereocenters. The molecule has 0 aliphatic carbocycles. The maximum Gasteiger partial charge on any atom is 0.362 e. The van der Waals surface area contributed by atoms with Gasteiger partial charge in [-0.05, 0) is 12.3 Å². The molecule has 1 atom stereocenters. The van der Waals surface area contributed by atoms with E-state index in [2.05, 4.69) is 30.7 Å². The molecule has 0 amide bonds. The lowest BCUT2D eigenvalue weighted by molar-refractivity contribution is 0.0517. The van der Waals surface area contributed by atoms with E-state index in [-0.39, 0.29) is 29.2 Å². The number of nitrogens with two attached hydrogens (primary N) is 2. The Balaban J connectivity index is 0.000000561. The fourth-order valence-electron chi connectivity index (χ4n) is 1.48. The minimum absolute atomic E-state index is 0.127. The first kappa shape index (κ1) is 22.3. The third-order valence-corrected chi connectivity index (χ3v) is 3.43. The van der Waals surface area contributed by atoms with Crippen LogP contribution in [0.25, 0.3) is 0 Å². The lowest BCUT2D eigenvalue weighted by Gasteiger charge is -2.25. The Morgan fingerprint density at radius 2 is 1.83 bits per heavy atom. The van der Waals surface area contributed by atoms with Crippen LogP contribution >= 0.6 is 0 Å². The first-order valence-corrected chi connectivity index (χ1v) is 8.07. The second-order valence-corrected chi connectivity index (χ2v) is 7.65. The lowest BCUT2D eigenvalue weighted by atomic mass is 9.88. The highest BCUT2D eigenvalue weighted by molar-refractivity contribution is 5.86. The molecule has 5 N–H and O–H groups in total. The Hall–Kier alpha value is -1.73. The van der Waals surface area contributed by atoms with Crippen molar-refractivity contribution in [3.05, 3.63) is 27.9 Å². The van der Waals surface area contributed by atoms with Crippen LogP contribution in [0.1, 0.15) is 64.6 Å². The van der Waals surface area contributed by atoms with Crippen molar-refractivity contribution in [2.75, 3.05) is 13.2 Å². The number of aromatic amines is 1. The summed E-state index contributed by atoms with van der Waals surface area (Å²) < 4.78 is 4.71. The highest BCUT2D eigenvalue weighted by Gasteiger charge is 2.19. The van der Waals surface area contributed by atoms with Crippen molar-refractivity contribution in [1.82, 2.24) is 9.97 Å². The number of ether oxygens (including phenoxy) is 1. The van der Waals surface area contributed by atoms with Gasteiger partial charge in [0.05, 0.1) is 6.61 Å². The predicted octanol–water partition coefficient (Wildman–Crippen LogP) is 1.56. The molecule has 0 saturated carbocycles. The van der Waals surface area contributed by atoms with E-state index in [1.54, 1.807) is 6.92 Å². The summed E-state index contributed by atoms with van der Waals surface area (Å²) in [6.45, 7) is 14.6. The quantitative estimate of drug-likeness (QED) is 0.717. The maximum absolute atomic E-state index is 11.6. The van der Waals surface area contributed by atoms with Crippen molar-refractivity contribution in [2.24, 2.45) is 16.9 Å². The number of nitrogens with one attached hydrogen (secondary N) is 1. The number of esters is 1. The zero-order valence-corrected chi connectivity index (χ0v) is 15.9. The van der Waals surface area contributed by atoms with E-state index in [4.69, 9.17) is 16.2 Å². The minimum atomic E-state index is -0.691. The van der Waals surface area contributed by atoms with Crippen LogP contribution < -0.4 is 17.0 Å². The predicted molar refractivity (Wildman–Crippen MR) is 96.0 cm³/mol. The summed E-state index contributed by atoms with van der Waals surface area (Å²) in [5.41, 5.74) is 10.9. The number of H-pyrrole nitrogens is 1. The Morgan fingerprint density at radius 1 is 1.29 bits per heavy atom. The Kier molecular flexibility index (Phi) is 8.29.